The summed E-state index contributed by atoms with van der Waals surface area (Å²) < 4.78 is 53.2. The van der Waals surface area contributed by atoms with Gasteiger partial charge < -0.3 is 34.5 Å². The molecule has 0 bridgehead atoms. The number of para-hydroxylation sites is 2. The van der Waals surface area contributed by atoms with Crippen LogP contribution in [-0.2, 0) is 35.6 Å². The number of methoxy groups -OCH3 is 1. The number of nitrogens with zero attached hydrogens (tertiary/aromatic N) is 2. The molecule has 1 saturated heterocycles. The molecule has 354 valence electrons. The van der Waals surface area contributed by atoms with Crippen molar-refractivity contribution in [3.8, 4) is 34.3 Å². The van der Waals surface area contributed by atoms with E-state index in [0.29, 0.717) is 52.4 Å². The Labute approximate surface area is 395 Å². The monoisotopic (exact) mass is 941 g/mol. The predicted molar refractivity (Wildman–Crippen MR) is 254 cm³/mol. The molecule has 0 radical (unpaired) electrons. The van der Waals surface area contributed by atoms with E-state index in [0.717, 1.165) is 11.1 Å². The van der Waals surface area contributed by atoms with Crippen molar-refractivity contribution in [3.63, 3.8) is 0 Å². The van der Waals surface area contributed by atoms with E-state index in [2.05, 4.69) is 21.9 Å². The SMILES string of the molecule is C=CC1C[C@@]1(NC(=O)[C@@H]1C[C@@H](Oc2cc(-c3ccccc3)nc3cc(OC)ccc23)CN1C(=O)[C@@H](NC(=O)[C@@H]1COc2ccccc2O1)C(C)(C)C)C(=O)NS(=O)(=O)C1(Cc2ccccc2)CC1. The summed E-state index contributed by atoms with van der Waals surface area (Å²) in [4.78, 5) is 64.6. The van der Waals surface area contributed by atoms with Crippen LogP contribution in [0.15, 0.2) is 122 Å². The molecule has 3 fully saturated rings. The second kappa shape index (κ2) is 17.9. The van der Waals surface area contributed by atoms with Crippen molar-refractivity contribution < 1.29 is 46.5 Å². The molecule has 1 unspecified atom stereocenters. The van der Waals surface area contributed by atoms with E-state index in [1.54, 1.807) is 64.3 Å². The Morgan fingerprint density at radius 2 is 1.62 bits per heavy atom. The van der Waals surface area contributed by atoms with Gasteiger partial charge in [-0.15, -0.1) is 6.58 Å². The lowest BCUT2D eigenvalue weighted by atomic mass is 9.85. The van der Waals surface area contributed by atoms with Crippen LogP contribution in [0, 0.1) is 11.3 Å². The minimum Gasteiger partial charge on any atom is -0.497 e. The van der Waals surface area contributed by atoms with E-state index in [1.165, 1.54) is 11.0 Å². The van der Waals surface area contributed by atoms with Crippen molar-refractivity contribution in [1.29, 1.82) is 0 Å². The molecule has 68 heavy (non-hydrogen) atoms. The van der Waals surface area contributed by atoms with Crippen LogP contribution in [0.3, 0.4) is 0 Å². The summed E-state index contributed by atoms with van der Waals surface area (Å²) in [7, 11) is -2.63. The Morgan fingerprint density at radius 1 is 0.926 bits per heavy atom. The van der Waals surface area contributed by atoms with Gasteiger partial charge in [0.25, 0.3) is 11.8 Å². The summed E-state index contributed by atoms with van der Waals surface area (Å²) in [5, 5.41) is 6.46. The maximum absolute atomic E-state index is 15.1. The Bertz CT molecular complexity index is 2890. The first-order valence-electron chi connectivity index (χ1n) is 22.8. The number of fused-ring (bicyclic) bond motifs is 2. The van der Waals surface area contributed by atoms with Crippen molar-refractivity contribution >= 4 is 44.6 Å². The Kier molecular flexibility index (Phi) is 12.2. The zero-order chi connectivity index (χ0) is 48.0. The number of benzene rings is 4. The number of pyridine rings is 1. The second-order valence-electron chi connectivity index (χ2n) is 19.2. The fourth-order valence-electron chi connectivity index (χ4n) is 9.22. The van der Waals surface area contributed by atoms with E-state index < -0.39 is 79.6 Å². The van der Waals surface area contributed by atoms with Gasteiger partial charge in [0, 0.05) is 35.4 Å². The van der Waals surface area contributed by atoms with Crippen LogP contribution in [0.25, 0.3) is 22.2 Å². The molecule has 1 aromatic heterocycles. The van der Waals surface area contributed by atoms with Crippen LogP contribution < -0.4 is 34.3 Å². The highest BCUT2D eigenvalue weighted by molar-refractivity contribution is 7.91. The number of carbonyl (C=O) groups is 4. The lowest BCUT2D eigenvalue weighted by Crippen LogP contribution is -2.61. The fourth-order valence-corrected chi connectivity index (χ4v) is 10.9. The molecular weight excluding hydrogens is 887 g/mol. The van der Waals surface area contributed by atoms with Crippen molar-refractivity contribution in [1.82, 2.24) is 25.2 Å². The maximum Gasteiger partial charge on any atom is 0.265 e. The molecule has 9 rings (SSSR count). The fraction of sp³-hybridized carbons (Fsp3) is 0.365. The molecule has 5 aromatic rings. The van der Waals surface area contributed by atoms with Crippen molar-refractivity contribution in [3.05, 3.63) is 127 Å². The average Bonchev–Trinajstić information content (AvgIpc) is 4.24. The van der Waals surface area contributed by atoms with Crippen LogP contribution in [0.2, 0.25) is 0 Å². The van der Waals surface area contributed by atoms with Crippen molar-refractivity contribution in [2.45, 2.75) is 87.5 Å². The third kappa shape index (κ3) is 9.08. The maximum atomic E-state index is 15.1. The standard InChI is InChI=1S/C52H55N5O10S/c1-6-34-29-52(34,49(61)56-68(62,63)51(23-24-51)28-32-15-9-7-10-16-32)55-46(58)40-26-36(66-43-27-38(33-17-11-8-12-18-33)53-39-25-35(64-5)21-22-37(39)43)30-57(40)48(60)45(50(2,3)4)54-47(59)44-31-65-41-19-13-14-20-42(41)67-44/h6-22,25,27,34,36,40,44-45H,1,23-24,26,28-31H2,2-5H3,(H,54,59)(H,55,58)(H,56,61)/t34?,36-,40+,44+,45-,52+/m1/s1. The van der Waals surface area contributed by atoms with Gasteiger partial charge in [-0.2, -0.15) is 0 Å². The number of amides is 4. The zero-order valence-corrected chi connectivity index (χ0v) is 39.2. The number of hydrogen-bond donors (Lipinski definition) is 3. The molecule has 2 saturated carbocycles. The molecule has 4 amide bonds. The summed E-state index contributed by atoms with van der Waals surface area (Å²) in [6.45, 7) is 9.10. The van der Waals surface area contributed by atoms with Gasteiger partial charge in [-0.05, 0) is 60.9 Å². The Balaban J connectivity index is 1.02. The second-order valence-corrected chi connectivity index (χ2v) is 21.3. The van der Waals surface area contributed by atoms with Crippen LogP contribution in [0.4, 0.5) is 0 Å². The van der Waals surface area contributed by atoms with Crippen LogP contribution in [0.1, 0.15) is 52.0 Å². The largest absolute Gasteiger partial charge is 0.497 e. The Hall–Kier alpha value is -6.94. The van der Waals surface area contributed by atoms with E-state index in [-0.39, 0.29) is 32.4 Å². The molecule has 3 heterocycles. The Morgan fingerprint density at radius 3 is 2.28 bits per heavy atom. The smallest absolute Gasteiger partial charge is 0.265 e. The molecule has 4 aliphatic rings. The van der Waals surface area contributed by atoms with Gasteiger partial charge >= 0.3 is 0 Å². The summed E-state index contributed by atoms with van der Waals surface area (Å²) >= 11 is 0. The van der Waals surface area contributed by atoms with Gasteiger partial charge in [-0.3, -0.25) is 23.9 Å². The summed E-state index contributed by atoms with van der Waals surface area (Å²) in [5.74, 6) is -1.40. The number of carbonyl (C=O) groups excluding carboxylic acids is 4. The van der Waals surface area contributed by atoms with E-state index in [4.69, 9.17) is 23.9 Å². The van der Waals surface area contributed by atoms with E-state index >= 15 is 4.79 Å². The van der Waals surface area contributed by atoms with Gasteiger partial charge in [0.1, 0.15) is 41.8 Å². The van der Waals surface area contributed by atoms with Gasteiger partial charge in [0.15, 0.2) is 11.5 Å². The summed E-state index contributed by atoms with van der Waals surface area (Å²) in [6.07, 6.45) is 0.723. The minimum atomic E-state index is -4.20. The molecule has 4 aromatic carbocycles. The van der Waals surface area contributed by atoms with Crippen LogP contribution >= 0.6 is 0 Å². The highest BCUT2D eigenvalue weighted by atomic mass is 32.2. The van der Waals surface area contributed by atoms with Gasteiger partial charge in [-0.25, -0.2) is 13.4 Å². The number of hydrogen-bond acceptors (Lipinski definition) is 11. The van der Waals surface area contributed by atoms with Crippen LogP contribution in [-0.4, -0.2) is 96.8 Å². The molecule has 6 atom stereocenters. The zero-order valence-electron chi connectivity index (χ0n) is 38.4. The van der Waals surface area contributed by atoms with Crippen molar-refractivity contribution in [2.24, 2.45) is 11.3 Å². The third-order valence-corrected chi connectivity index (χ3v) is 15.6. The average molecular weight is 942 g/mol. The molecule has 0 spiro atoms. The van der Waals surface area contributed by atoms with Gasteiger partial charge in [0.2, 0.25) is 27.9 Å². The minimum absolute atomic E-state index is 0.0195. The highest BCUT2D eigenvalue weighted by Crippen LogP contribution is 2.49. The van der Waals surface area contributed by atoms with E-state index in [9.17, 15) is 22.8 Å². The predicted octanol–water partition coefficient (Wildman–Crippen LogP) is 5.91. The number of ether oxygens (including phenoxy) is 4. The lowest BCUT2D eigenvalue weighted by Gasteiger charge is -2.36. The molecule has 15 nitrogen and oxygen atoms in total. The summed E-state index contributed by atoms with van der Waals surface area (Å²) in [6, 6.07) is 30.6. The summed E-state index contributed by atoms with van der Waals surface area (Å²) in [5.41, 5.74) is 0.341. The number of nitrogens with one attached hydrogen (secondary N) is 3. The topological polar surface area (TPSA) is 192 Å². The first kappa shape index (κ1) is 46.2. The van der Waals surface area contributed by atoms with Crippen LogP contribution in [0.5, 0.6) is 23.0 Å². The first-order chi connectivity index (χ1) is 32.5. The molecule has 16 heteroatoms. The van der Waals surface area contributed by atoms with Crippen molar-refractivity contribution in [2.75, 3.05) is 20.3 Å². The highest BCUT2D eigenvalue weighted by Gasteiger charge is 2.64. The lowest BCUT2D eigenvalue weighted by molar-refractivity contribution is -0.146. The number of likely N-dealkylation sites (tertiary alicyclic amines) is 1. The van der Waals surface area contributed by atoms with Gasteiger partial charge in [-0.1, -0.05) is 99.6 Å². The normalized spacial score (nSPS) is 22.9. The number of aromatic nitrogens is 1. The number of rotatable bonds is 15. The van der Waals surface area contributed by atoms with Gasteiger partial charge in [0.05, 0.1) is 29.6 Å². The van der Waals surface area contributed by atoms with E-state index in [1.807, 2.05) is 72.8 Å². The molecule has 3 N–H and O–H groups in total. The third-order valence-electron chi connectivity index (χ3n) is 13.4. The quantitative estimate of drug-likeness (QED) is 0.106. The first-order valence-corrected chi connectivity index (χ1v) is 24.3. The molecule has 2 aliphatic carbocycles. The number of sulfonamides is 1. The molecule has 2 aliphatic heterocycles. The molecular formula is C52H55N5O10S.